The molecule has 0 fully saturated rings. The zero-order chi connectivity index (χ0) is 23.7. The molecular weight excluding hydrogens is 455 g/mol. The summed E-state index contributed by atoms with van der Waals surface area (Å²) >= 11 is 6.07. The van der Waals surface area contributed by atoms with Gasteiger partial charge < -0.3 is 9.88 Å². The summed E-state index contributed by atoms with van der Waals surface area (Å²) in [5.41, 5.74) is 5.46. The number of benzene rings is 3. The number of hydrogen-bond acceptors (Lipinski definition) is 4. The molecule has 0 saturated carbocycles. The summed E-state index contributed by atoms with van der Waals surface area (Å²) in [7, 11) is 0. The summed E-state index contributed by atoms with van der Waals surface area (Å²) in [4.78, 5) is 22.4. The third-order valence-electron chi connectivity index (χ3n) is 5.57. The van der Waals surface area contributed by atoms with E-state index in [1.54, 1.807) is 28.2 Å². The molecule has 9 heteroatoms. The Balaban J connectivity index is 1.52. The number of aromatic amines is 1. The summed E-state index contributed by atoms with van der Waals surface area (Å²) in [6.45, 7) is 2.05. The van der Waals surface area contributed by atoms with Crippen LogP contribution in [-0.2, 0) is 17.9 Å². The third-order valence-corrected chi connectivity index (χ3v) is 5.78. The molecule has 5 aromatic rings. The number of nitrogens with zero attached hydrogens (tertiary/aromatic N) is 5. The van der Waals surface area contributed by atoms with E-state index in [9.17, 15) is 9.18 Å². The number of aromatic nitrogens is 5. The van der Waals surface area contributed by atoms with Crippen molar-refractivity contribution in [2.75, 3.05) is 4.90 Å². The van der Waals surface area contributed by atoms with Crippen LogP contribution >= 0.6 is 11.6 Å². The fraction of sp³-hybridized carbons (Fsp3) is 0.120. The molecule has 2 aromatic heterocycles. The molecule has 7 nitrogen and oxygen atoms in total. The van der Waals surface area contributed by atoms with Crippen molar-refractivity contribution in [2.24, 2.45) is 0 Å². The molecule has 0 bridgehead atoms. The van der Waals surface area contributed by atoms with E-state index in [4.69, 9.17) is 11.6 Å². The molecule has 1 amide bonds. The number of para-hydroxylation sites is 1. The van der Waals surface area contributed by atoms with Gasteiger partial charge in [-0.05, 0) is 66.1 Å². The molecule has 1 N–H and O–H groups in total. The van der Waals surface area contributed by atoms with E-state index in [0.29, 0.717) is 16.8 Å². The Morgan fingerprint density at radius 1 is 1.15 bits per heavy atom. The fourth-order valence-corrected chi connectivity index (χ4v) is 4.22. The summed E-state index contributed by atoms with van der Waals surface area (Å²) in [6, 6.07) is 17.5. The van der Waals surface area contributed by atoms with Gasteiger partial charge in [-0.1, -0.05) is 35.0 Å². The SMILES string of the molecule is Cc1cc(-c2cnc[nH]2)ccc1N(Cc1cc(F)cc(Cl)c1)C(=O)Cn1nnc2ccccc21. The number of H-pyrrole nitrogens is 1. The van der Waals surface area contributed by atoms with Crippen molar-refractivity contribution in [1.29, 1.82) is 0 Å². The molecule has 0 spiro atoms. The molecule has 0 radical (unpaired) electrons. The number of nitrogens with one attached hydrogen (secondary N) is 1. The molecule has 5 rings (SSSR count). The molecule has 2 heterocycles. The van der Waals surface area contributed by atoms with Crippen LogP contribution in [0.5, 0.6) is 0 Å². The largest absolute Gasteiger partial charge is 0.345 e. The normalized spacial score (nSPS) is 11.1. The molecule has 170 valence electrons. The van der Waals surface area contributed by atoms with Gasteiger partial charge in [-0.2, -0.15) is 0 Å². The summed E-state index contributed by atoms with van der Waals surface area (Å²) in [6.07, 6.45) is 3.35. The number of hydrogen-bond donors (Lipinski definition) is 1. The molecule has 0 unspecified atom stereocenters. The summed E-state index contributed by atoms with van der Waals surface area (Å²) < 4.78 is 15.6. The van der Waals surface area contributed by atoms with Crippen molar-refractivity contribution >= 4 is 34.2 Å². The van der Waals surface area contributed by atoms with Crippen LogP contribution in [0, 0.1) is 12.7 Å². The van der Waals surface area contributed by atoms with E-state index in [1.165, 1.54) is 12.1 Å². The minimum absolute atomic E-state index is 0.0225. The predicted octanol–water partition coefficient (Wildman–Crippen LogP) is 5.16. The number of carbonyl (C=O) groups excluding carboxylic acids is 1. The van der Waals surface area contributed by atoms with Gasteiger partial charge in [0.2, 0.25) is 5.91 Å². The quantitative estimate of drug-likeness (QED) is 0.369. The highest BCUT2D eigenvalue weighted by Crippen LogP contribution is 2.28. The van der Waals surface area contributed by atoms with Gasteiger partial charge >= 0.3 is 0 Å². The predicted molar refractivity (Wildman–Crippen MR) is 129 cm³/mol. The lowest BCUT2D eigenvalue weighted by atomic mass is 10.1. The minimum Gasteiger partial charge on any atom is -0.345 e. The summed E-state index contributed by atoms with van der Waals surface area (Å²) in [5.74, 6) is -0.670. The number of carbonyl (C=O) groups is 1. The second kappa shape index (κ2) is 9.07. The van der Waals surface area contributed by atoms with Gasteiger partial charge in [-0.25, -0.2) is 14.1 Å². The molecule has 0 aliphatic heterocycles. The first kappa shape index (κ1) is 21.8. The van der Waals surface area contributed by atoms with Crippen LogP contribution in [0.15, 0.2) is 73.2 Å². The smallest absolute Gasteiger partial charge is 0.249 e. The van der Waals surface area contributed by atoms with Crippen LogP contribution in [-0.4, -0.2) is 30.9 Å². The number of rotatable bonds is 6. The standard InChI is InChI=1S/C25H20ClFN6O/c1-16-8-18(22-12-28-15-29-22)6-7-23(16)32(13-17-9-19(26)11-20(27)10-17)25(34)14-33-24-5-3-2-4-21(24)30-31-33/h2-12,15H,13-14H2,1H3,(H,28,29). The van der Waals surface area contributed by atoms with Crippen molar-refractivity contribution in [2.45, 2.75) is 20.0 Å². The topological polar surface area (TPSA) is 79.7 Å². The lowest BCUT2D eigenvalue weighted by molar-refractivity contribution is -0.119. The van der Waals surface area contributed by atoms with Crippen molar-refractivity contribution in [1.82, 2.24) is 25.0 Å². The number of fused-ring (bicyclic) bond motifs is 1. The zero-order valence-corrected chi connectivity index (χ0v) is 19.0. The van der Waals surface area contributed by atoms with Crippen molar-refractivity contribution in [3.8, 4) is 11.3 Å². The molecule has 0 aliphatic rings. The molecule has 0 aliphatic carbocycles. The number of aryl methyl sites for hydroxylation is 1. The lowest BCUT2D eigenvalue weighted by Gasteiger charge is -2.25. The second-order valence-corrected chi connectivity index (χ2v) is 8.40. The van der Waals surface area contributed by atoms with Crippen LogP contribution in [0.1, 0.15) is 11.1 Å². The third kappa shape index (κ3) is 4.40. The zero-order valence-electron chi connectivity index (χ0n) is 18.2. The van der Waals surface area contributed by atoms with Gasteiger partial charge in [0, 0.05) is 10.7 Å². The first-order valence-electron chi connectivity index (χ1n) is 10.6. The maximum absolute atomic E-state index is 14.0. The molecule has 34 heavy (non-hydrogen) atoms. The first-order valence-corrected chi connectivity index (χ1v) is 11.0. The number of imidazole rings is 1. The van der Waals surface area contributed by atoms with Crippen LogP contribution in [0.3, 0.4) is 0 Å². The van der Waals surface area contributed by atoms with E-state index in [2.05, 4.69) is 20.3 Å². The Morgan fingerprint density at radius 3 is 2.76 bits per heavy atom. The maximum Gasteiger partial charge on any atom is 0.249 e. The highest BCUT2D eigenvalue weighted by molar-refractivity contribution is 6.30. The van der Waals surface area contributed by atoms with E-state index >= 15 is 0 Å². The van der Waals surface area contributed by atoms with Gasteiger partial charge in [-0.15, -0.1) is 5.10 Å². The van der Waals surface area contributed by atoms with Crippen LogP contribution < -0.4 is 4.90 Å². The van der Waals surface area contributed by atoms with E-state index in [-0.39, 0.29) is 24.0 Å². The second-order valence-electron chi connectivity index (χ2n) is 7.96. The number of anilines is 1. The van der Waals surface area contributed by atoms with Crippen molar-refractivity contribution < 1.29 is 9.18 Å². The van der Waals surface area contributed by atoms with Crippen molar-refractivity contribution in [3.63, 3.8) is 0 Å². The summed E-state index contributed by atoms with van der Waals surface area (Å²) in [5, 5.41) is 8.55. The average Bonchev–Trinajstić information content (AvgIpc) is 3.48. The Hall–Kier alpha value is -4.04. The average molecular weight is 475 g/mol. The van der Waals surface area contributed by atoms with E-state index in [1.807, 2.05) is 49.4 Å². The molecule has 0 atom stereocenters. The van der Waals surface area contributed by atoms with E-state index in [0.717, 1.165) is 22.3 Å². The molecule has 3 aromatic carbocycles. The highest BCUT2D eigenvalue weighted by Gasteiger charge is 2.21. The Morgan fingerprint density at radius 2 is 2.00 bits per heavy atom. The Labute approximate surface area is 199 Å². The number of amides is 1. The molecular formula is C25H20ClFN6O. The fourth-order valence-electron chi connectivity index (χ4n) is 3.98. The Kier molecular flexibility index (Phi) is 5.81. The maximum atomic E-state index is 14.0. The van der Waals surface area contributed by atoms with Crippen LogP contribution in [0.4, 0.5) is 10.1 Å². The van der Waals surface area contributed by atoms with Gasteiger partial charge in [0.1, 0.15) is 17.9 Å². The van der Waals surface area contributed by atoms with Gasteiger partial charge in [0.25, 0.3) is 0 Å². The van der Waals surface area contributed by atoms with Gasteiger partial charge in [-0.3, -0.25) is 4.79 Å². The highest BCUT2D eigenvalue weighted by atomic mass is 35.5. The van der Waals surface area contributed by atoms with Crippen LogP contribution in [0.2, 0.25) is 5.02 Å². The monoisotopic (exact) mass is 474 g/mol. The minimum atomic E-state index is -0.455. The molecule has 0 saturated heterocycles. The first-order chi connectivity index (χ1) is 16.5. The van der Waals surface area contributed by atoms with Gasteiger partial charge in [0.05, 0.1) is 30.3 Å². The van der Waals surface area contributed by atoms with Crippen molar-refractivity contribution in [3.05, 3.63) is 95.2 Å². The van der Waals surface area contributed by atoms with Crippen LogP contribution in [0.25, 0.3) is 22.3 Å². The van der Waals surface area contributed by atoms with E-state index < -0.39 is 5.82 Å². The van der Waals surface area contributed by atoms with Gasteiger partial charge in [0.15, 0.2) is 0 Å². The lowest BCUT2D eigenvalue weighted by Crippen LogP contribution is -2.34. The Bertz CT molecular complexity index is 1460. The number of halogens is 2.